The van der Waals surface area contributed by atoms with Gasteiger partial charge in [-0.3, -0.25) is 0 Å². The molecule has 2 heteroatoms. The second-order valence-electron chi connectivity index (χ2n) is 4.58. The highest BCUT2D eigenvalue weighted by atomic mass is 35.5. The van der Waals surface area contributed by atoms with Crippen molar-refractivity contribution in [2.24, 2.45) is 11.7 Å². The van der Waals surface area contributed by atoms with Crippen molar-refractivity contribution >= 4 is 11.6 Å². The summed E-state index contributed by atoms with van der Waals surface area (Å²) in [7, 11) is 0. The van der Waals surface area contributed by atoms with Gasteiger partial charge in [-0.2, -0.15) is 0 Å². The molecule has 2 N–H and O–H groups in total. The third-order valence-electron chi connectivity index (χ3n) is 2.70. The van der Waals surface area contributed by atoms with E-state index in [9.17, 15) is 0 Å². The van der Waals surface area contributed by atoms with E-state index in [0.29, 0.717) is 5.92 Å². The molecule has 0 fully saturated rings. The van der Waals surface area contributed by atoms with Crippen LogP contribution >= 0.6 is 11.6 Å². The maximum atomic E-state index is 6.15. The first kappa shape index (κ1) is 12.5. The van der Waals surface area contributed by atoms with E-state index in [0.717, 1.165) is 17.9 Å². The number of hydrogen-bond donors (Lipinski definition) is 1. The van der Waals surface area contributed by atoms with Crippen molar-refractivity contribution < 1.29 is 0 Å². The van der Waals surface area contributed by atoms with Crippen LogP contribution in [-0.4, -0.2) is 0 Å². The molecule has 0 saturated heterocycles. The Kier molecular flexibility index (Phi) is 4.62. The number of rotatable bonds is 4. The summed E-state index contributed by atoms with van der Waals surface area (Å²) in [6.45, 7) is 6.52. The average Bonchev–Trinajstić information content (AvgIpc) is 2.18. The summed E-state index contributed by atoms with van der Waals surface area (Å²) in [5, 5.41) is 0.774. The van der Waals surface area contributed by atoms with Crippen LogP contribution in [0.15, 0.2) is 18.2 Å². The van der Waals surface area contributed by atoms with E-state index in [1.54, 1.807) is 0 Å². The largest absolute Gasteiger partial charge is 0.324 e. The van der Waals surface area contributed by atoms with Crippen LogP contribution < -0.4 is 5.73 Å². The van der Waals surface area contributed by atoms with Crippen molar-refractivity contribution in [2.75, 3.05) is 0 Å². The summed E-state index contributed by atoms with van der Waals surface area (Å²) >= 11 is 5.97. The Bertz CT molecular complexity index is 320. The molecule has 0 radical (unpaired) electrons. The minimum absolute atomic E-state index is 0.117. The third-order valence-corrected chi connectivity index (χ3v) is 2.93. The molecule has 0 aliphatic rings. The fourth-order valence-electron chi connectivity index (χ4n) is 1.68. The van der Waals surface area contributed by atoms with E-state index in [1.807, 2.05) is 18.2 Å². The Morgan fingerprint density at radius 1 is 1.27 bits per heavy atom. The standard InChI is InChI=1S/C13H20ClN/c1-9(2)4-7-13(15)12-8-11(14)6-5-10(12)3/h5-6,8-9,13H,4,7,15H2,1-3H3. The van der Waals surface area contributed by atoms with Crippen LogP contribution in [0.3, 0.4) is 0 Å². The molecule has 1 atom stereocenters. The second kappa shape index (κ2) is 5.53. The van der Waals surface area contributed by atoms with Crippen molar-refractivity contribution in [1.82, 2.24) is 0 Å². The first-order valence-electron chi connectivity index (χ1n) is 5.52. The van der Waals surface area contributed by atoms with Gasteiger partial charge in [0.1, 0.15) is 0 Å². The van der Waals surface area contributed by atoms with Gasteiger partial charge in [-0.15, -0.1) is 0 Å². The molecule has 15 heavy (non-hydrogen) atoms. The van der Waals surface area contributed by atoms with Crippen molar-refractivity contribution in [3.63, 3.8) is 0 Å². The van der Waals surface area contributed by atoms with Gasteiger partial charge >= 0.3 is 0 Å². The molecule has 1 aromatic rings. The number of nitrogens with two attached hydrogens (primary N) is 1. The Labute approximate surface area is 97.6 Å². The van der Waals surface area contributed by atoms with Gasteiger partial charge < -0.3 is 5.73 Å². The Morgan fingerprint density at radius 2 is 1.93 bits per heavy atom. The van der Waals surface area contributed by atoms with Gasteiger partial charge in [0.05, 0.1) is 0 Å². The molecule has 1 unspecified atom stereocenters. The lowest BCUT2D eigenvalue weighted by Gasteiger charge is -2.16. The molecule has 0 aliphatic carbocycles. The van der Waals surface area contributed by atoms with Crippen LogP contribution in [-0.2, 0) is 0 Å². The predicted molar refractivity (Wildman–Crippen MR) is 67.2 cm³/mol. The summed E-state index contributed by atoms with van der Waals surface area (Å²) in [5.41, 5.74) is 8.57. The van der Waals surface area contributed by atoms with Crippen LogP contribution in [0.2, 0.25) is 5.02 Å². The van der Waals surface area contributed by atoms with E-state index in [1.165, 1.54) is 11.1 Å². The quantitative estimate of drug-likeness (QED) is 0.821. The number of benzene rings is 1. The van der Waals surface area contributed by atoms with E-state index >= 15 is 0 Å². The zero-order valence-corrected chi connectivity index (χ0v) is 10.5. The normalized spacial score (nSPS) is 13.2. The minimum Gasteiger partial charge on any atom is -0.324 e. The van der Waals surface area contributed by atoms with Gasteiger partial charge in [0, 0.05) is 11.1 Å². The maximum absolute atomic E-state index is 6.15. The Morgan fingerprint density at radius 3 is 2.53 bits per heavy atom. The highest BCUT2D eigenvalue weighted by molar-refractivity contribution is 6.30. The molecule has 84 valence electrons. The molecule has 0 heterocycles. The van der Waals surface area contributed by atoms with Crippen LogP contribution in [0.5, 0.6) is 0 Å². The predicted octanol–water partition coefficient (Wildman–Crippen LogP) is 4.08. The molecule has 0 aliphatic heterocycles. The fraction of sp³-hybridized carbons (Fsp3) is 0.538. The first-order valence-corrected chi connectivity index (χ1v) is 5.90. The number of aryl methyl sites for hydroxylation is 1. The van der Waals surface area contributed by atoms with Crippen LogP contribution in [0.1, 0.15) is 43.9 Å². The molecule has 1 nitrogen and oxygen atoms in total. The van der Waals surface area contributed by atoms with E-state index in [4.69, 9.17) is 17.3 Å². The van der Waals surface area contributed by atoms with Crippen molar-refractivity contribution in [2.45, 2.75) is 39.7 Å². The molecule has 0 amide bonds. The zero-order valence-electron chi connectivity index (χ0n) is 9.76. The topological polar surface area (TPSA) is 26.0 Å². The molecular formula is C13H20ClN. The van der Waals surface area contributed by atoms with E-state index in [-0.39, 0.29) is 6.04 Å². The number of halogens is 1. The van der Waals surface area contributed by atoms with Gasteiger partial charge in [-0.1, -0.05) is 31.5 Å². The summed E-state index contributed by atoms with van der Waals surface area (Å²) < 4.78 is 0. The lowest BCUT2D eigenvalue weighted by atomic mass is 9.95. The lowest BCUT2D eigenvalue weighted by Crippen LogP contribution is -2.12. The molecule has 1 rings (SSSR count). The van der Waals surface area contributed by atoms with E-state index < -0.39 is 0 Å². The molecule has 0 spiro atoms. The zero-order chi connectivity index (χ0) is 11.4. The summed E-state index contributed by atoms with van der Waals surface area (Å²) in [5.74, 6) is 0.704. The molecule has 0 aromatic heterocycles. The van der Waals surface area contributed by atoms with Crippen molar-refractivity contribution in [3.8, 4) is 0 Å². The number of hydrogen-bond acceptors (Lipinski definition) is 1. The molecule has 0 bridgehead atoms. The average molecular weight is 226 g/mol. The fourth-order valence-corrected chi connectivity index (χ4v) is 1.86. The van der Waals surface area contributed by atoms with Crippen LogP contribution in [0, 0.1) is 12.8 Å². The SMILES string of the molecule is Cc1ccc(Cl)cc1C(N)CCC(C)C. The molecular weight excluding hydrogens is 206 g/mol. The Balaban J connectivity index is 2.72. The monoisotopic (exact) mass is 225 g/mol. The Hall–Kier alpha value is -0.530. The maximum Gasteiger partial charge on any atom is 0.0409 e. The lowest BCUT2D eigenvalue weighted by molar-refractivity contribution is 0.506. The van der Waals surface area contributed by atoms with Crippen LogP contribution in [0.4, 0.5) is 0 Å². The van der Waals surface area contributed by atoms with Gasteiger partial charge in [0.15, 0.2) is 0 Å². The third kappa shape index (κ3) is 3.84. The summed E-state index contributed by atoms with van der Waals surface area (Å²) in [6, 6.07) is 6.05. The minimum atomic E-state index is 0.117. The molecule has 1 aromatic carbocycles. The van der Waals surface area contributed by atoms with Crippen molar-refractivity contribution in [1.29, 1.82) is 0 Å². The van der Waals surface area contributed by atoms with Gasteiger partial charge in [-0.25, -0.2) is 0 Å². The highest BCUT2D eigenvalue weighted by Crippen LogP contribution is 2.24. The van der Waals surface area contributed by atoms with Gasteiger partial charge in [0.25, 0.3) is 0 Å². The smallest absolute Gasteiger partial charge is 0.0409 e. The first-order chi connectivity index (χ1) is 7.00. The second-order valence-corrected chi connectivity index (χ2v) is 5.02. The van der Waals surface area contributed by atoms with E-state index in [2.05, 4.69) is 20.8 Å². The molecule has 0 saturated carbocycles. The van der Waals surface area contributed by atoms with Gasteiger partial charge in [-0.05, 0) is 48.9 Å². The van der Waals surface area contributed by atoms with Gasteiger partial charge in [0.2, 0.25) is 0 Å². The van der Waals surface area contributed by atoms with Crippen molar-refractivity contribution in [3.05, 3.63) is 34.3 Å². The van der Waals surface area contributed by atoms with Crippen LogP contribution in [0.25, 0.3) is 0 Å². The highest BCUT2D eigenvalue weighted by Gasteiger charge is 2.10. The summed E-state index contributed by atoms with van der Waals surface area (Å²) in [4.78, 5) is 0. The summed E-state index contributed by atoms with van der Waals surface area (Å²) in [6.07, 6.45) is 2.19.